The fraction of sp³-hybridized carbons (Fsp3) is 0.200. The number of ether oxygens (including phenoxy) is 2. The zero-order valence-corrected chi connectivity index (χ0v) is 15.0. The Hall–Kier alpha value is -0.651. The molecule has 0 amide bonds. The summed E-state index contributed by atoms with van der Waals surface area (Å²) in [5.74, 6) is 1.88. The fourth-order valence-electron chi connectivity index (χ4n) is 1.51. The van der Waals surface area contributed by atoms with Crippen molar-refractivity contribution in [3.63, 3.8) is 0 Å². The van der Waals surface area contributed by atoms with Gasteiger partial charge in [-0.1, -0.05) is 0 Å². The summed E-state index contributed by atoms with van der Waals surface area (Å²) < 4.78 is 14.6. The quantitative estimate of drug-likeness (QED) is 0.641. The van der Waals surface area contributed by atoms with Crippen LogP contribution in [0.15, 0.2) is 48.5 Å². The average Bonchev–Trinajstić information content (AvgIpc) is 2.49. The maximum absolute atomic E-state index is 5.17. The van der Waals surface area contributed by atoms with Crippen LogP contribution < -0.4 is 17.5 Å². The predicted molar refractivity (Wildman–Crippen MR) is 81.6 cm³/mol. The van der Waals surface area contributed by atoms with E-state index in [0.29, 0.717) is 15.0 Å². The van der Waals surface area contributed by atoms with Gasteiger partial charge >= 0.3 is 131 Å². The molecule has 0 fully saturated rings. The summed E-state index contributed by atoms with van der Waals surface area (Å²) in [6.45, 7) is 0. The Bertz CT molecular complexity index is 449. The van der Waals surface area contributed by atoms with E-state index in [1.807, 2.05) is 12.1 Å². The molecule has 19 heavy (non-hydrogen) atoms. The maximum atomic E-state index is 5.17. The molecule has 0 unspecified atom stereocenters. The first kappa shape index (κ1) is 14.8. The molecule has 0 atom stereocenters. The summed E-state index contributed by atoms with van der Waals surface area (Å²) in [4.78, 5) is 0. The molecule has 0 aliphatic rings. The van der Waals surface area contributed by atoms with E-state index in [1.54, 1.807) is 14.2 Å². The summed E-state index contributed by atoms with van der Waals surface area (Å²) in [5, 5.41) is 0. The fourth-order valence-corrected chi connectivity index (χ4v) is 8.74. The molecular formula is C15H16O2SeTe. The van der Waals surface area contributed by atoms with Crippen molar-refractivity contribution in [1.29, 1.82) is 0 Å². The van der Waals surface area contributed by atoms with Crippen molar-refractivity contribution >= 4 is 44.0 Å². The Labute approximate surface area is 130 Å². The summed E-state index contributed by atoms with van der Waals surface area (Å²) >= 11 is 0.507. The van der Waals surface area contributed by atoms with Crippen LogP contribution in [0.5, 0.6) is 11.5 Å². The van der Waals surface area contributed by atoms with Gasteiger partial charge in [-0.3, -0.25) is 0 Å². The summed E-state index contributed by atoms with van der Waals surface area (Å²) in [7, 11) is 3.41. The Kier molecular flexibility index (Phi) is 6.07. The molecule has 0 radical (unpaired) electrons. The normalized spacial score (nSPS) is 10.2. The van der Waals surface area contributed by atoms with Crippen LogP contribution >= 0.6 is 0 Å². The van der Waals surface area contributed by atoms with Gasteiger partial charge in [0.15, 0.2) is 0 Å². The summed E-state index contributed by atoms with van der Waals surface area (Å²) in [6, 6.07) is 17.0. The van der Waals surface area contributed by atoms with Gasteiger partial charge in [0.1, 0.15) is 0 Å². The third-order valence-corrected chi connectivity index (χ3v) is 9.56. The third-order valence-electron chi connectivity index (χ3n) is 2.57. The summed E-state index contributed by atoms with van der Waals surface area (Å²) in [6.07, 6.45) is 0. The monoisotopic (exact) mass is 438 g/mol. The Morgan fingerprint density at radius 1 is 0.842 bits per heavy atom. The van der Waals surface area contributed by atoms with E-state index in [9.17, 15) is 0 Å². The van der Waals surface area contributed by atoms with Crippen LogP contribution in [0.3, 0.4) is 0 Å². The van der Waals surface area contributed by atoms with Crippen LogP contribution in [0.2, 0.25) is 3.37 Å². The zero-order chi connectivity index (χ0) is 13.5. The Morgan fingerprint density at radius 3 is 1.89 bits per heavy atom. The molecular weight excluding hydrogens is 419 g/mol. The van der Waals surface area contributed by atoms with Gasteiger partial charge < -0.3 is 0 Å². The Morgan fingerprint density at radius 2 is 1.37 bits per heavy atom. The second-order valence-corrected chi connectivity index (χ2v) is 11.5. The third kappa shape index (κ3) is 4.75. The SMILES string of the molecule is COc1ccc([Se]C[Te]c2ccc(OC)cc2)cc1. The van der Waals surface area contributed by atoms with Gasteiger partial charge in [0.05, 0.1) is 0 Å². The van der Waals surface area contributed by atoms with Crippen molar-refractivity contribution in [2.75, 3.05) is 14.2 Å². The standard InChI is InChI=1S/C15H16O2SeTe/c1-16-12-3-7-14(8-4-12)18-11-19-15-9-5-13(17-2)6-10-15/h3-10H,11H2,1-2H3. The molecule has 0 aliphatic heterocycles. The molecule has 2 aromatic carbocycles. The van der Waals surface area contributed by atoms with Gasteiger partial charge in [-0.05, 0) is 0 Å². The number of rotatable bonds is 6. The van der Waals surface area contributed by atoms with Crippen molar-refractivity contribution in [1.82, 2.24) is 0 Å². The average molecular weight is 435 g/mol. The van der Waals surface area contributed by atoms with Crippen molar-refractivity contribution in [3.05, 3.63) is 48.5 Å². The first-order chi connectivity index (χ1) is 9.31. The molecule has 0 bridgehead atoms. The van der Waals surface area contributed by atoms with Crippen molar-refractivity contribution in [2.24, 2.45) is 0 Å². The van der Waals surface area contributed by atoms with E-state index in [2.05, 4.69) is 36.4 Å². The molecule has 0 spiro atoms. The number of hydrogen-bond donors (Lipinski definition) is 0. The molecule has 100 valence electrons. The first-order valence-electron chi connectivity index (χ1n) is 5.85. The molecule has 0 saturated heterocycles. The van der Waals surface area contributed by atoms with Crippen molar-refractivity contribution in [3.8, 4) is 11.5 Å². The predicted octanol–water partition coefficient (Wildman–Crippen LogP) is 1.44. The topological polar surface area (TPSA) is 18.5 Å². The van der Waals surface area contributed by atoms with E-state index >= 15 is 0 Å². The van der Waals surface area contributed by atoms with Crippen LogP contribution in [0.1, 0.15) is 0 Å². The second-order valence-electron chi connectivity index (χ2n) is 3.76. The molecule has 0 heterocycles. The van der Waals surface area contributed by atoms with E-state index in [0.717, 1.165) is 11.5 Å². The first-order valence-corrected chi connectivity index (χ1v) is 10.7. The van der Waals surface area contributed by atoms with Crippen LogP contribution in [-0.2, 0) is 0 Å². The minimum atomic E-state index is -0.0713. The second kappa shape index (κ2) is 7.82. The van der Waals surface area contributed by atoms with Gasteiger partial charge in [-0.2, -0.15) is 0 Å². The van der Waals surface area contributed by atoms with Gasteiger partial charge in [0.2, 0.25) is 0 Å². The van der Waals surface area contributed by atoms with E-state index in [1.165, 1.54) is 11.4 Å². The van der Waals surface area contributed by atoms with Crippen LogP contribution in [0.4, 0.5) is 0 Å². The molecule has 0 saturated carbocycles. The Balaban J connectivity index is 1.81. The van der Waals surface area contributed by atoms with E-state index in [4.69, 9.17) is 9.47 Å². The van der Waals surface area contributed by atoms with Gasteiger partial charge in [-0.15, -0.1) is 0 Å². The van der Waals surface area contributed by atoms with Crippen LogP contribution in [0.25, 0.3) is 0 Å². The number of methoxy groups -OCH3 is 2. The van der Waals surface area contributed by atoms with Gasteiger partial charge in [0, 0.05) is 0 Å². The zero-order valence-electron chi connectivity index (χ0n) is 11.0. The molecule has 2 aromatic rings. The molecule has 0 N–H and O–H groups in total. The summed E-state index contributed by atoms with van der Waals surface area (Å²) in [5.41, 5.74) is 0. The molecule has 2 rings (SSSR count). The van der Waals surface area contributed by atoms with Gasteiger partial charge in [-0.25, -0.2) is 0 Å². The van der Waals surface area contributed by atoms with Crippen LogP contribution in [-0.4, -0.2) is 50.1 Å². The van der Waals surface area contributed by atoms with E-state index in [-0.39, 0.29) is 20.9 Å². The number of hydrogen-bond acceptors (Lipinski definition) is 2. The molecule has 4 heteroatoms. The molecule has 2 nitrogen and oxygen atoms in total. The van der Waals surface area contributed by atoms with Crippen molar-refractivity contribution in [2.45, 2.75) is 3.37 Å². The van der Waals surface area contributed by atoms with E-state index < -0.39 is 0 Å². The molecule has 0 aliphatic carbocycles. The van der Waals surface area contributed by atoms with Crippen LogP contribution in [0, 0.1) is 0 Å². The van der Waals surface area contributed by atoms with Crippen molar-refractivity contribution < 1.29 is 9.47 Å². The molecule has 0 aromatic heterocycles. The van der Waals surface area contributed by atoms with Gasteiger partial charge in [0.25, 0.3) is 0 Å². The number of benzene rings is 2. The minimum absolute atomic E-state index is 0.0713.